The third-order valence-corrected chi connectivity index (χ3v) is 5.68. The van der Waals surface area contributed by atoms with Gasteiger partial charge in [-0.15, -0.1) is 0 Å². The summed E-state index contributed by atoms with van der Waals surface area (Å²) in [6, 6.07) is 6.97. The molecule has 0 unspecified atom stereocenters. The third-order valence-electron chi connectivity index (χ3n) is 5.68. The minimum Gasteiger partial charge on any atom is -0.493 e. The molecule has 0 amide bonds. The van der Waals surface area contributed by atoms with E-state index in [1.54, 1.807) is 24.3 Å². The van der Waals surface area contributed by atoms with Crippen LogP contribution in [0.4, 0.5) is 24.8 Å². The molecule has 0 radical (unpaired) electrons. The van der Waals surface area contributed by atoms with E-state index in [9.17, 15) is 23.1 Å². The molecule has 0 spiro atoms. The van der Waals surface area contributed by atoms with E-state index in [1.807, 2.05) is 0 Å². The van der Waals surface area contributed by atoms with Gasteiger partial charge in [-0.2, -0.15) is 32.8 Å². The van der Waals surface area contributed by atoms with Gasteiger partial charge in [-0.1, -0.05) is 6.07 Å². The van der Waals surface area contributed by atoms with E-state index in [2.05, 4.69) is 40.2 Å². The first kappa shape index (κ1) is 26.2. The number of rotatable bonds is 8. The monoisotopic (exact) mass is 547 g/mol. The first-order valence-corrected chi connectivity index (χ1v) is 11.9. The molecule has 1 aliphatic heterocycles. The average Bonchev–Trinajstić information content (AvgIpc) is 3.44. The first-order chi connectivity index (χ1) is 18.7. The molecule has 39 heavy (non-hydrogen) atoms. The fourth-order valence-electron chi connectivity index (χ4n) is 3.86. The molecule has 4 N–H and O–H groups in total. The summed E-state index contributed by atoms with van der Waals surface area (Å²) in [5.74, 6) is 0.122. The fourth-order valence-corrected chi connectivity index (χ4v) is 3.86. The highest BCUT2D eigenvalue weighted by Crippen LogP contribution is 2.20. The molecular weight excluding hydrogens is 523 g/mol. The lowest BCUT2D eigenvalue weighted by molar-refractivity contribution is -0.118. The van der Waals surface area contributed by atoms with Crippen molar-refractivity contribution in [3.8, 4) is 11.6 Å². The number of halogens is 3. The molecule has 4 aromatic rings. The molecule has 0 bridgehead atoms. The molecule has 0 aliphatic carbocycles. The number of nitrogens with one attached hydrogen (secondary N) is 3. The van der Waals surface area contributed by atoms with Crippen LogP contribution in [-0.4, -0.2) is 91.7 Å². The number of hydrogen-bond acceptors (Lipinski definition) is 10. The van der Waals surface area contributed by atoms with Crippen LogP contribution in [0.3, 0.4) is 0 Å². The Labute approximate surface area is 217 Å². The van der Waals surface area contributed by atoms with Crippen LogP contribution >= 0.6 is 0 Å². The molecular formula is C23H24F3N9O4. The van der Waals surface area contributed by atoms with Gasteiger partial charge in [0.05, 0.1) is 19.4 Å². The topological polar surface area (TPSA) is 158 Å². The van der Waals surface area contributed by atoms with Crippen molar-refractivity contribution in [2.24, 2.45) is 4.99 Å². The van der Waals surface area contributed by atoms with Crippen molar-refractivity contribution >= 4 is 23.4 Å². The Balaban J connectivity index is 1.44. The van der Waals surface area contributed by atoms with E-state index in [-0.39, 0.29) is 28.1 Å². The summed E-state index contributed by atoms with van der Waals surface area (Å²) >= 11 is 0. The lowest BCUT2D eigenvalue weighted by Crippen LogP contribution is -2.38. The number of imidazole rings is 1. The number of morpholine rings is 1. The van der Waals surface area contributed by atoms with Gasteiger partial charge in [0.15, 0.2) is 5.65 Å². The molecule has 1 aliphatic rings. The summed E-state index contributed by atoms with van der Waals surface area (Å²) in [7, 11) is 0. The number of ether oxygens (including phenoxy) is 2. The summed E-state index contributed by atoms with van der Waals surface area (Å²) in [5.41, 5.74) is -0.321. The zero-order valence-electron chi connectivity index (χ0n) is 20.4. The average molecular weight is 547 g/mol. The highest BCUT2D eigenvalue weighted by atomic mass is 19.4. The van der Waals surface area contributed by atoms with E-state index in [0.717, 1.165) is 24.1 Å². The number of aromatic amines is 2. The van der Waals surface area contributed by atoms with Gasteiger partial charge in [-0.05, 0) is 18.2 Å². The second kappa shape index (κ2) is 11.1. The normalized spacial score (nSPS) is 15.8. The molecule has 0 atom stereocenters. The predicted octanol–water partition coefficient (Wildman–Crippen LogP) is 0.312. The Kier molecular flexibility index (Phi) is 7.47. The van der Waals surface area contributed by atoms with Gasteiger partial charge < -0.3 is 24.9 Å². The maximum atomic E-state index is 12.9. The molecule has 5 rings (SSSR count). The number of benzene rings is 1. The third kappa shape index (κ3) is 6.71. The van der Waals surface area contributed by atoms with Crippen molar-refractivity contribution in [1.82, 2.24) is 34.4 Å². The van der Waals surface area contributed by atoms with Crippen LogP contribution in [0.25, 0.3) is 11.7 Å². The van der Waals surface area contributed by atoms with Crippen molar-refractivity contribution in [3.63, 3.8) is 0 Å². The van der Waals surface area contributed by atoms with E-state index >= 15 is 0 Å². The minimum atomic E-state index is -4.56. The summed E-state index contributed by atoms with van der Waals surface area (Å²) in [6.07, 6.45) is -1.90. The Hall–Kier alpha value is -4.44. The number of hydrogen-bond donors (Lipinski definition) is 4. The van der Waals surface area contributed by atoms with Gasteiger partial charge in [0.1, 0.15) is 24.6 Å². The lowest BCUT2D eigenvalue weighted by atomic mass is 10.3. The second-order valence-corrected chi connectivity index (χ2v) is 8.55. The molecule has 1 fully saturated rings. The van der Waals surface area contributed by atoms with Crippen LogP contribution in [0, 0.1) is 0 Å². The number of nitrogens with zero attached hydrogens (tertiary/aromatic N) is 6. The van der Waals surface area contributed by atoms with Gasteiger partial charge in [-0.25, -0.2) is 9.79 Å². The maximum absolute atomic E-state index is 12.9. The van der Waals surface area contributed by atoms with E-state index in [4.69, 9.17) is 9.47 Å². The highest BCUT2D eigenvalue weighted by molar-refractivity contribution is 5.60. The van der Waals surface area contributed by atoms with Crippen molar-refractivity contribution in [2.45, 2.75) is 6.18 Å². The first-order valence-electron chi connectivity index (χ1n) is 11.9. The van der Waals surface area contributed by atoms with Crippen molar-refractivity contribution in [2.75, 3.05) is 51.3 Å². The summed E-state index contributed by atoms with van der Waals surface area (Å²) in [5, 5.41) is 17.2. The van der Waals surface area contributed by atoms with Gasteiger partial charge >= 0.3 is 11.9 Å². The largest absolute Gasteiger partial charge is 0.493 e. The van der Waals surface area contributed by atoms with Crippen molar-refractivity contribution < 1.29 is 27.8 Å². The second-order valence-electron chi connectivity index (χ2n) is 8.55. The van der Waals surface area contributed by atoms with E-state index in [1.165, 1.54) is 12.3 Å². The summed E-state index contributed by atoms with van der Waals surface area (Å²) < 4.78 is 51.0. The van der Waals surface area contributed by atoms with E-state index in [0.29, 0.717) is 31.3 Å². The molecule has 1 saturated heterocycles. The fraction of sp³-hybridized carbons (Fsp3) is 0.348. The number of anilines is 2. The quantitative estimate of drug-likeness (QED) is 0.244. The van der Waals surface area contributed by atoms with Crippen LogP contribution in [-0.2, 0) is 4.74 Å². The lowest BCUT2D eigenvalue weighted by Gasteiger charge is -2.26. The van der Waals surface area contributed by atoms with Gasteiger partial charge in [-0.3, -0.25) is 9.88 Å². The summed E-state index contributed by atoms with van der Waals surface area (Å²) in [6.45, 7) is 2.82. The SMILES string of the molecule is O=c1[nH]c(O)c(/C=c2\cnn3c(=NCC(F)(F)F)nc(Nc4cccc(OCCN5CCOCC5)c4)nc23)[nH]1. The van der Waals surface area contributed by atoms with Gasteiger partial charge in [0.2, 0.25) is 11.8 Å². The Morgan fingerprint density at radius 2 is 2.05 bits per heavy atom. The molecule has 0 saturated carbocycles. The van der Waals surface area contributed by atoms with Gasteiger partial charge in [0, 0.05) is 36.6 Å². The minimum absolute atomic E-state index is 0.0405. The van der Waals surface area contributed by atoms with Gasteiger partial charge in [0.25, 0.3) is 5.62 Å². The molecule has 1 aromatic carbocycles. The smallest absolute Gasteiger partial charge is 0.408 e. The van der Waals surface area contributed by atoms with Crippen LogP contribution in [0.1, 0.15) is 5.69 Å². The molecule has 3 aromatic heterocycles. The number of H-pyrrole nitrogens is 2. The van der Waals surface area contributed by atoms with Crippen molar-refractivity contribution in [1.29, 1.82) is 0 Å². The number of aromatic hydroxyl groups is 1. The summed E-state index contributed by atoms with van der Waals surface area (Å²) in [4.78, 5) is 30.4. The Morgan fingerprint density at radius 1 is 1.23 bits per heavy atom. The van der Waals surface area contributed by atoms with Crippen LogP contribution < -0.4 is 26.6 Å². The number of fused-ring (bicyclic) bond motifs is 1. The van der Waals surface area contributed by atoms with Crippen LogP contribution in [0.5, 0.6) is 11.6 Å². The molecule has 16 heteroatoms. The van der Waals surface area contributed by atoms with Crippen LogP contribution in [0.2, 0.25) is 0 Å². The Morgan fingerprint density at radius 3 is 2.79 bits per heavy atom. The van der Waals surface area contributed by atoms with E-state index < -0.39 is 24.3 Å². The number of aromatic nitrogens is 6. The molecule has 206 valence electrons. The predicted molar refractivity (Wildman–Crippen MR) is 132 cm³/mol. The molecule has 4 heterocycles. The Bertz CT molecular complexity index is 1620. The zero-order valence-corrected chi connectivity index (χ0v) is 20.4. The number of alkyl halides is 3. The van der Waals surface area contributed by atoms with Crippen molar-refractivity contribution in [3.05, 3.63) is 57.5 Å². The standard InChI is InChI=1S/C23H24F3N9O4/c24-23(25,26)13-27-21-33-20(31-18-14(12-28-35(18)21)10-17-19(36)32-22(37)30-17)29-15-2-1-3-16(11-15)39-9-6-34-4-7-38-8-5-34/h1-3,10-12,36H,4-9,13H2,(H,27,29,33)(H2,30,32,37)/b14-10+. The molecule has 13 nitrogen and oxygen atoms in total. The highest BCUT2D eigenvalue weighted by Gasteiger charge is 2.26. The van der Waals surface area contributed by atoms with Crippen LogP contribution in [0.15, 0.2) is 40.2 Å². The zero-order chi connectivity index (χ0) is 27.4. The maximum Gasteiger partial charge on any atom is 0.408 e.